The van der Waals surface area contributed by atoms with E-state index in [1.54, 1.807) is 0 Å². The highest BCUT2D eigenvalue weighted by Crippen LogP contribution is 2.28. The summed E-state index contributed by atoms with van der Waals surface area (Å²) in [7, 11) is 1.95. The van der Waals surface area contributed by atoms with E-state index in [9.17, 15) is 4.79 Å². The lowest BCUT2D eigenvalue weighted by molar-refractivity contribution is -0.132. The Morgan fingerprint density at radius 2 is 2.28 bits per heavy atom. The highest BCUT2D eigenvalue weighted by atomic mass is 32.2. The molecule has 0 aliphatic carbocycles. The average molecular weight is 262 g/mol. The van der Waals surface area contributed by atoms with Gasteiger partial charge in [0.05, 0.1) is 0 Å². The van der Waals surface area contributed by atoms with E-state index in [0.717, 1.165) is 24.3 Å². The Morgan fingerprint density at radius 1 is 1.44 bits per heavy atom. The third-order valence-electron chi connectivity index (χ3n) is 3.87. The Labute approximate surface area is 112 Å². The summed E-state index contributed by atoms with van der Waals surface area (Å²) >= 11 is 1.94. The summed E-state index contributed by atoms with van der Waals surface area (Å²) < 4.78 is 0. The second-order valence-electron chi connectivity index (χ2n) is 5.02. The van der Waals surface area contributed by atoms with Crippen molar-refractivity contribution >= 4 is 23.4 Å². The van der Waals surface area contributed by atoms with Gasteiger partial charge in [-0.15, -0.1) is 0 Å². The van der Waals surface area contributed by atoms with Crippen molar-refractivity contribution in [2.24, 2.45) is 0 Å². The van der Waals surface area contributed by atoms with Gasteiger partial charge in [-0.3, -0.25) is 4.79 Å². The molecule has 2 atom stereocenters. The maximum absolute atomic E-state index is 12.5. The van der Waals surface area contributed by atoms with Crippen LogP contribution in [0, 0.1) is 0 Å². The minimum Gasteiger partial charge on any atom is -0.373 e. The first kappa shape index (κ1) is 11.9. The van der Waals surface area contributed by atoms with Gasteiger partial charge in [0.2, 0.25) is 5.91 Å². The first-order valence-electron chi connectivity index (χ1n) is 6.44. The number of carbonyl (C=O) groups is 1. The van der Waals surface area contributed by atoms with E-state index in [1.807, 2.05) is 41.9 Å². The predicted molar refractivity (Wildman–Crippen MR) is 76.1 cm³/mol. The first-order chi connectivity index (χ1) is 8.75. The molecule has 96 valence electrons. The Morgan fingerprint density at radius 3 is 3.00 bits per heavy atom. The Hall–Kier alpha value is -1.16. The van der Waals surface area contributed by atoms with Crippen molar-refractivity contribution in [3.63, 3.8) is 0 Å². The van der Waals surface area contributed by atoms with Gasteiger partial charge in [-0.05, 0) is 23.8 Å². The second-order valence-corrected chi connectivity index (χ2v) is 6.17. The van der Waals surface area contributed by atoms with E-state index in [0.29, 0.717) is 6.04 Å². The van der Waals surface area contributed by atoms with E-state index in [1.165, 1.54) is 11.3 Å². The average Bonchev–Trinajstić information content (AvgIpc) is 3.05. The van der Waals surface area contributed by atoms with Gasteiger partial charge in [-0.1, -0.05) is 18.2 Å². The fraction of sp³-hybridized carbons (Fsp3) is 0.500. The maximum atomic E-state index is 12.5. The molecule has 2 aliphatic heterocycles. The molecule has 0 saturated carbocycles. The monoisotopic (exact) mass is 262 g/mol. The molecule has 1 aromatic rings. The predicted octanol–water partition coefficient (Wildman–Crippen LogP) is 1.99. The lowest BCUT2D eigenvalue weighted by Gasteiger charge is -2.26. The molecule has 4 heteroatoms. The molecule has 0 bridgehead atoms. The molecule has 1 saturated heterocycles. The van der Waals surface area contributed by atoms with Crippen molar-refractivity contribution in [2.75, 3.05) is 23.9 Å². The quantitative estimate of drug-likeness (QED) is 0.884. The normalized spacial score (nSPS) is 25.6. The number of para-hydroxylation sites is 1. The Bertz CT molecular complexity index is 432. The Kier molecular flexibility index (Phi) is 3.20. The molecular formula is C14H18N2OS. The number of hydrogen-bond donors (Lipinski definition) is 1. The summed E-state index contributed by atoms with van der Waals surface area (Å²) in [6.07, 6.45) is 1.95. The van der Waals surface area contributed by atoms with Crippen LogP contribution < -0.4 is 5.32 Å². The zero-order valence-corrected chi connectivity index (χ0v) is 11.4. The van der Waals surface area contributed by atoms with Gasteiger partial charge in [0.1, 0.15) is 6.04 Å². The number of hydrogen-bond acceptors (Lipinski definition) is 3. The number of benzene rings is 1. The number of nitrogens with one attached hydrogen (secondary N) is 1. The summed E-state index contributed by atoms with van der Waals surface area (Å²) in [5.74, 6) is 2.50. The molecular weight excluding hydrogens is 244 g/mol. The van der Waals surface area contributed by atoms with Crippen molar-refractivity contribution in [1.29, 1.82) is 0 Å². The van der Waals surface area contributed by atoms with Crippen LogP contribution in [-0.2, 0) is 11.2 Å². The van der Waals surface area contributed by atoms with Crippen molar-refractivity contribution in [1.82, 2.24) is 4.90 Å². The molecule has 1 N–H and O–H groups in total. The van der Waals surface area contributed by atoms with E-state index in [2.05, 4.69) is 11.4 Å². The molecule has 18 heavy (non-hydrogen) atoms. The number of likely N-dealkylation sites (N-methyl/N-ethyl adjacent to an activating group) is 1. The first-order valence-corrected chi connectivity index (χ1v) is 7.60. The van der Waals surface area contributed by atoms with Crippen LogP contribution in [0.15, 0.2) is 24.3 Å². The van der Waals surface area contributed by atoms with Gasteiger partial charge in [0, 0.05) is 31.0 Å². The van der Waals surface area contributed by atoms with Gasteiger partial charge >= 0.3 is 0 Å². The summed E-state index contributed by atoms with van der Waals surface area (Å²) in [4.78, 5) is 14.4. The largest absolute Gasteiger partial charge is 0.373 e. The standard InChI is InChI=1S/C14H18N2OS/c1-16(11-6-7-18-9-11)14(17)13-8-10-4-2-3-5-12(10)15-13/h2-5,11,13,15H,6-9H2,1H3. The van der Waals surface area contributed by atoms with Crippen LogP contribution in [0.5, 0.6) is 0 Å². The second kappa shape index (κ2) is 4.84. The molecule has 3 rings (SSSR count). The molecule has 0 spiro atoms. The topological polar surface area (TPSA) is 32.3 Å². The van der Waals surface area contributed by atoms with Crippen molar-refractivity contribution < 1.29 is 4.79 Å². The van der Waals surface area contributed by atoms with Crippen LogP contribution in [0.3, 0.4) is 0 Å². The number of rotatable bonds is 2. The number of anilines is 1. The number of nitrogens with zero attached hydrogens (tertiary/aromatic N) is 1. The minimum atomic E-state index is -0.0713. The zero-order valence-electron chi connectivity index (χ0n) is 10.6. The molecule has 1 aromatic carbocycles. The van der Waals surface area contributed by atoms with Crippen molar-refractivity contribution in [3.05, 3.63) is 29.8 Å². The van der Waals surface area contributed by atoms with Crippen LogP contribution >= 0.6 is 11.8 Å². The fourth-order valence-corrected chi connectivity index (χ4v) is 3.97. The van der Waals surface area contributed by atoms with Gasteiger partial charge in [0.25, 0.3) is 0 Å². The summed E-state index contributed by atoms with van der Waals surface area (Å²) in [5.41, 5.74) is 2.37. The molecule has 3 nitrogen and oxygen atoms in total. The van der Waals surface area contributed by atoms with Gasteiger partial charge in [0.15, 0.2) is 0 Å². The van der Waals surface area contributed by atoms with E-state index in [4.69, 9.17) is 0 Å². The van der Waals surface area contributed by atoms with E-state index >= 15 is 0 Å². The highest BCUT2D eigenvalue weighted by molar-refractivity contribution is 7.99. The molecule has 1 amide bonds. The van der Waals surface area contributed by atoms with E-state index in [-0.39, 0.29) is 11.9 Å². The minimum absolute atomic E-state index is 0.0713. The summed E-state index contributed by atoms with van der Waals surface area (Å²) in [6.45, 7) is 0. The van der Waals surface area contributed by atoms with Gasteiger partial charge in [-0.2, -0.15) is 11.8 Å². The SMILES string of the molecule is CN(C(=O)C1Cc2ccccc2N1)C1CCSC1. The van der Waals surface area contributed by atoms with Crippen LogP contribution in [0.2, 0.25) is 0 Å². The number of amides is 1. The lowest BCUT2D eigenvalue weighted by atomic mass is 10.1. The third kappa shape index (κ3) is 2.09. The zero-order chi connectivity index (χ0) is 12.5. The van der Waals surface area contributed by atoms with E-state index < -0.39 is 0 Å². The third-order valence-corrected chi connectivity index (χ3v) is 5.02. The van der Waals surface area contributed by atoms with Crippen LogP contribution in [-0.4, -0.2) is 41.4 Å². The molecule has 2 heterocycles. The highest BCUT2D eigenvalue weighted by Gasteiger charge is 2.32. The van der Waals surface area contributed by atoms with Crippen LogP contribution in [0.25, 0.3) is 0 Å². The molecule has 2 aliphatic rings. The molecule has 0 aromatic heterocycles. The smallest absolute Gasteiger partial charge is 0.245 e. The van der Waals surface area contributed by atoms with Crippen molar-refractivity contribution in [2.45, 2.75) is 24.9 Å². The number of thioether (sulfide) groups is 1. The van der Waals surface area contributed by atoms with Gasteiger partial charge in [-0.25, -0.2) is 0 Å². The fourth-order valence-electron chi connectivity index (χ4n) is 2.70. The molecule has 0 radical (unpaired) electrons. The summed E-state index contributed by atoms with van der Waals surface area (Å²) in [6, 6.07) is 8.54. The molecule has 1 fully saturated rings. The van der Waals surface area contributed by atoms with Crippen LogP contribution in [0.1, 0.15) is 12.0 Å². The van der Waals surface area contributed by atoms with Crippen LogP contribution in [0.4, 0.5) is 5.69 Å². The maximum Gasteiger partial charge on any atom is 0.245 e. The Balaban J connectivity index is 1.68. The number of carbonyl (C=O) groups excluding carboxylic acids is 1. The lowest BCUT2D eigenvalue weighted by Crippen LogP contribution is -2.45. The van der Waals surface area contributed by atoms with Crippen molar-refractivity contribution in [3.8, 4) is 0 Å². The van der Waals surface area contributed by atoms with Gasteiger partial charge < -0.3 is 10.2 Å². The number of fused-ring (bicyclic) bond motifs is 1. The molecule has 2 unspecified atom stereocenters. The summed E-state index contributed by atoms with van der Waals surface area (Å²) in [5, 5.41) is 3.34.